The fourth-order valence-corrected chi connectivity index (χ4v) is 2.46. The average Bonchev–Trinajstić information content (AvgIpc) is 2.52. The Morgan fingerprint density at radius 2 is 2.00 bits per heavy atom. The molecule has 8 heteroatoms. The molecule has 1 fully saturated rings. The molecule has 23 heavy (non-hydrogen) atoms. The third-order valence-electron chi connectivity index (χ3n) is 3.67. The number of aliphatic carboxylic acids is 1. The monoisotopic (exact) mass is 331 g/mol. The highest BCUT2D eigenvalue weighted by Crippen LogP contribution is 2.35. The van der Waals surface area contributed by atoms with Gasteiger partial charge >= 0.3 is 12.1 Å². The van der Waals surface area contributed by atoms with E-state index in [-0.39, 0.29) is 6.54 Å². The van der Waals surface area contributed by atoms with E-state index in [4.69, 9.17) is 9.84 Å². The van der Waals surface area contributed by atoms with Gasteiger partial charge in [0.05, 0.1) is 11.5 Å². The molecule has 5 nitrogen and oxygen atoms in total. The Kier molecular flexibility index (Phi) is 5.12. The van der Waals surface area contributed by atoms with Crippen molar-refractivity contribution in [3.8, 4) is 5.75 Å². The molecule has 1 aliphatic rings. The number of benzene rings is 1. The lowest BCUT2D eigenvalue weighted by atomic mass is 9.98. The molecule has 1 aliphatic heterocycles. The molecule has 1 heterocycles. The lowest BCUT2D eigenvalue weighted by molar-refractivity contribution is -0.147. The number of hydrogen-bond donors (Lipinski definition) is 1. The van der Waals surface area contributed by atoms with Crippen LogP contribution in [-0.2, 0) is 15.8 Å². The Hall–Kier alpha value is -2.25. The van der Waals surface area contributed by atoms with Gasteiger partial charge in [-0.2, -0.15) is 13.2 Å². The molecule has 0 unspecified atom stereocenters. The van der Waals surface area contributed by atoms with Gasteiger partial charge in [-0.15, -0.1) is 0 Å². The first kappa shape index (κ1) is 17.1. The first-order valence-corrected chi connectivity index (χ1v) is 7.08. The van der Waals surface area contributed by atoms with Crippen molar-refractivity contribution in [2.45, 2.75) is 19.0 Å². The SMILES string of the molecule is O=C(O)[C@H]1CCCN(C(=O)COc2ccccc2C(F)(F)F)C1. The molecule has 1 amide bonds. The second kappa shape index (κ2) is 6.89. The summed E-state index contributed by atoms with van der Waals surface area (Å²) in [5, 5.41) is 8.98. The van der Waals surface area contributed by atoms with Crippen molar-refractivity contribution in [1.29, 1.82) is 0 Å². The number of amides is 1. The molecule has 1 saturated heterocycles. The fraction of sp³-hybridized carbons (Fsp3) is 0.467. The quantitative estimate of drug-likeness (QED) is 0.920. The van der Waals surface area contributed by atoms with Crippen molar-refractivity contribution in [2.75, 3.05) is 19.7 Å². The van der Waals surface area contributed by atoms with Crippen LogP contribution in [0.15, 0.2) is 24.3 Å². The van der Waals surface area contributed by atoms with Gasteiger partial charge in [0.25, 0.3) is 5.91 Å². The van der Waals surface area contributed by atoms with Gasteiger partial charge in [0.1, 0.15) is 5.75 Å². The van der Waals surface area contributed by atoms with E-state index in [1.807, 2.05) is 0 Å². The molecule has 0 bridgehead atoms. The Labute approximate surface area is 130 Å². The van der Waals surface area contributed by atoms with E-state index in [1.54, 1.807) is 0 Å². The minimum Gasteiger partial charge on any atom is -0.483 e. The van der Waals surface area contributed by atoms with Crippen LogP contribution >= 0.6 is 0 Å². The van der Waals surface area contributed by atoms with Crippen molar-refractivity contribution in [3.63, 3.8) is 0 Å². The molecule has 0 aromatic heterocycles. The number of carbonyl (C=O) groups is 2. The maximum Gasteiger partial charge on any atom is 0.419 e. The lowest BCUT2D eigenvalue weighted by Crippen LogP contribution is -2.44. The summed E-state index contributed by atoms with van der Waals surface area (Å²) < 4.78 is 43.5. The topological polar surface area (TPSA) is 66.8 Å². The van der Waals surface area contributed by atoms with Crippen LogP contribution in [-0.4, -0.2) is 41.6 Å². The number of nitrogens with zero attached hydrogens (tertiary/aromatic N) is 1. The number of piperidine rings is 1. The van der Waals surface area contributed by atoms with Crippen molar-refractivity contribution in [3.05, 3.63) is 29.8 Å². The van der Waals surface area contributed by atoms with E-state index in [9.17, 15) is 22.8 Å². The van der Waals surface area contributed by atoms with E-state index in [0.29, 0.717) is 19.4 Å². The number of para-hydroxylation sites is 1. The van der Waals surface area contributed by atoms with Crippen LogP contribution in [0.1, 0.15) is 18.4 Å². The van der Waals surface area contributed by atoms with E-state index < -0.39 is 41.9 Å². The molecular formula is C15H16F3NO4. The van der Waals surface area contributed by atoms with Gasteiger partial charge in [-0.25, -0.2) is 0 Å². The van der Waals surface area contributed by atoms with E-state index in [2.05, 4.69) is 0 Å². The molecule has 0 radical (unpaired) electrons. The van der Waals surface area contributed by atoms with E-state index in [1.165, 1.54) is 17.0 Å². The maximum atomic E-state index is 12.8. The molecule has 1 N–H and O–H groups in total. The summed E-state index contributed by atoms with van der Waals surface area (Å²) in [6.45, 7) is -0.120. The summed E-state index contributed by atoms with van der Waals surface area (Å²) in [6.07, 6.45) is -3.54. The van der Waals surface area contributed by atoms with Crippen LogP contribution in [0.3, 0.4) is 0 Å². The van der Waals surface area contributed by atoms with Crippen molar-refractivity contribution in [2.24, 2.45) is 5.92 Å². The van der Waals surface area contributed by atoms with Crippen LogP contribution in [0.4, 0.5) is 13.2 Å². The molecule has 1 aromatic rings. The van der Waals surface area contributed by atoms with Crippen molar-refractivity contribution < 1.29 is 32.6 Å². The predicted molar refractivity (Wildman–Crippen MR) is 73.9 cm³/mol. The number of hydrogen-bond acceptors (Lipinski definition) is 3. The average molecular weight is 331 g/mol. The van der Waals surface area contributed by atoms with Gasteiger partial charge in [0.15, 0.2) is 6.61 Å². The minimum atomic E-state index is -4.57. The number of halogens is 3. The number of alkyl halides is 3. The normalized spacial score (nSPS) is 18.6. The van der Waals surface area contributed by atoms with Gasteiger partial charge in [-0.05, 0) is 25.0 Å². The molecule has 0 saturated carbocycles. The van der Waals surface area contributed by atoms with Gasteiger partial charge in [-0.3, -0.25) is 9.59 Å². The summed E-state index contributed by atoms with van der Waals surface area (Å²) in [5.74, 6) is -2.56. The van der Waals surface area contributed by atoms with Gasteiger partial charge in [0, 0.05) is 13.1 Å². The first-order chi connectivity index (χ1) is 10.8. The van der Waals surface area contributed by atoms with Crippen LogP contribution < -0.4 is 4.74 Å². The zero-order chi connectivity index (χ0) is 17.0. The third kappa shape index (κ3) is 4.37. The summed E-state index contributed by atoms with van der Waals surface area (Å²) in [6, 6.07) is 4.64. The first-order valence-electron chi connectivity index (χ1n) is 7.08. The highest BCUT2D eigenvalue weighted by Gasteiger charge is 2.34. The van der Waals surface area contributed by atoms with Crippen LogP contribution in [0.2, 0.25) is 0 Å². The highest BCUT2D eigenvalue weighted by molar-refractivity contribution is 5.79. The Balaban J connectivity index is 1.99. The number of carboxylic acid groups (broad SMARTS) is 1. The largest absolute Gasteiger partial charge is 0.483 e. The second-order valence-corrected chi connectivity index (χ2v) is 5.30. The van der Waals surface area contributed by atoms with Gasteiger partial charge in [0.2, 0.25) is 0 Å². The molecule has 0 spiro atoms. The maximum absolute atomic E-state index is 12.8. The number of rotatable bonds is 4. The van der Waals surface area contributed by atoms with Crippen LogP contribution in [0.25, 0.3) is 0 Å². The minimum absolute atomic E-state index is 0.0540. The number of carbonyl (C=O) groups excluding carboxylic acids is 1. The number of likely N-dealkylation sites (tertiary alicyclic amines) is 1. The van der Waals surface area contributed by atoms with Crippen molar-refractivity contribution in [1.82, 2.24) is 4.90 Å². The van der Waals surface area contributed by atoms with Crippen molar-refractivity contribution >= 4 is 11.9 Å². The zero-order valence-electron chi connectivity index (χ0n) is 12.2. The Bertz CT molecular complexity index is 588. The summed E-state index contributed by atoms with van der Waals surface area (Å²) in [4.78, 5) is 24.3. The van der Waals surface area contributed by atoms with Gasteiger partial charge < -0.3 is 14.7 Å². The summed E-state index contributed by atoms with van der Waals surface area (Å²) in [7, 11) is 0. The van der Waals surface area contributed by atoms with E-state index >= 15 is 0 Å². The molecule has 1 atom stereocenters. The molecule has 126 valence electrons. The Morgan fingerprint density at radius 3 is 2.65 bits per heavy atom. The lowest BCUT2D eigenvalue weighted by Gasteiger charge is -2.30. The molecule has 2 rings (SSSR count). The molecular weight excluding hydrogens is 315 g/mol. The number of carboxylic acids is 1. The smallest absolute Gasteiger partial charge is 0.419 e. The Morgan fingerprint density at radius 1 is 1.30 bits per heavy atom. The van der Waals surface area contributed by atoms with Crippen LogP contribution in [0, 0.1) is 5.92 Å². The summed E-state index contributed by atoms with van der Waals surface area (Å²) >= 11 is 0. The van der Waals surface area contributed by atoms with Gasteiger partial charge in [-0.1, -0.05) is 12.1 Å². The second-order valence-electron chi connectivity index (χ2n) is 5.30. The summed E-state index contributed by atoms with van der Waals surface area (Å²) in [5.41, 5.74) is -0.949. The zero-order valence-corrected chi connectivity index (χ0v) is 12.2. The number of ether oxygens (including phenoxy) is 1. The third-order valence-corrected chi connectivity index (χ3v) is 3.67. The fourth-order valence-electron chi connectivity index (χ4n) is 2.46. The van der Waals surface area contributed by atoms with Crippen LogP contribution in [0.5, 0.6) is 5.75 Å². The highest BCUT2D eigenvalue weighted by atomic mass is 19.4. The molecule has 1 aromatic carbocycles. The standard InChI is InChI=1S/C15H16F3NO4/c16-15(17,18)11-5-1-2-6-12(11)23-9-13(20)19-7-3-4-10(8-19)14(21)22/h1-2,5-6,10H,3-4,7-9H2,(H,21,22)/t10-/m0/s1. The predicted octanol–water partition coefficient (Wildman–Crippen LogP) is 2.41. The molecule has 0 aliphatic carbocycles. The van der Waals surface area contributed by atoms with E-state index in [0.717, 1.165) is 12.1 Å².